The van der Waals surface area contributed by atoms with Gasteiger partial charge in [0, 0.05) is 11.6 Å². The Morgan fingerprint density at radius 2 is 1.80 bits per heavy atom. The normalized spacial score (nSPS) is 10.9. The lowest BCUT2D eigenvalue weighted by Gasteiger charge is -2.06. The largest absolute Gasteiger partial charge is 0.463 e. The molecule has 4 rings (SSSR count). The van der Waals surface area contributed by atoms with Gasteiger partial charge in [-0.25, -0.2) is 9.48 Å². The molecule has 0 bridgehead atoms. The molecule has 7 heteroatoms. The van der Waals surface area contributed by atoms with E-state index in [9.17, 15) is 9.59 Å². The highest BCUT2D eigenvalue weighted by Gasteiger charge is 2.13. The van der Waals surface area contributed by atoms with Crippen molar-refractivity contribution >= 4 is 17.8 Å². The molecule has 0 spiro atoms. The fourth-order valence-corrected chi connectivity index (χ4v) is 2.80. The first kappa shape index (κ1) is 19.1. The van der Waals surface area contributed by atoms with E-state index in [-0.39, 0.29) is 12.4 Å². The summed E-state index contributed by atoms with van der Waals surface area (Å²) in [5.41, 5.74) is 2.72. The Balaban J connectivity index is 1.37. The molecule has 0 aliphatic heterocycles. The number of hydrogen-bond acceptors (Lipinski definition) is 6. The minimum absolute atomic E-state index is 0.298. The Bertz CT molecular complexity index is 1160. The Hall–Kier alpha value is -4.26. The van der Waals surface area contributed by atoms with Crippen molar-refractivity contribution in [1.82, 2.24) is 15.0 Å². The van der Waals surface area contributed by atoms with Crippen molar-refractivity contribution in [3.63, 3.8) is 0 Å². The predicted octanol–water partition coefficient (Wildman–Crippen LogP) is 3.97. The van der Waals surface area contributed by atoms with Crippen LogP contribution >= 0.6 is 0 Å². The number of nitrogens with zero attached hydrogens (tertiary/aromatic N) is 3. The van der Waals surface area contributed by atoms with Crippen LogP contribution in [0.2, 0.25) is 0 Å². The van der Waals surface area contributed by atoms with E-state index in [0.29, 0.717) is 17.0 Å². The topological polar surface area (TPSA) is 87.2 Å². The number of ether oxygens (including phenoxy) is 1. The molecule has 0 aliphatic carbocycles. The maximum absolute atomic E-state index is 12.3. The van der Waals surface area contributed by atoms with Gasteiger partial charge in [-0.05, 0) is 48.0 Å². The van der Waals surface area contributed by atoms with Gasteiger partial charge in [0.25, 0.3) is 0 Å². The van der Waals surface area contributed by atoms with E-state index in [1.807, 2.05) is 36.4 Å². The number of aromatic nitrogens is 3. The third-order valence-corrected chi connectivity index (χ3v) is 4.31. The second-order valence-electron chi connectivity index (χ2n) is 6.33. The van der Waals surface area contributed by atoms with Crippen LogP contribution in [0.15, 0.2) is 89.7 Å². The summed E-state index contributed by atoms with van der Waals surface area (Å²) in [6.07, 6.45) is 6.11. The van der Waals surface area contributed by atoms with Gasteiger partial charge in [-0.3, -0.25) is 4.79 Å². The molecule has 0 fully saturated rings. The summed E-state index contributed by atoms with van der Waals surface area (Å²) in [6.45, 7) is -0.335. The average molecular weight is 399 g/mol. The molecule has 0 aliphatic rings. The highest BCUT2D eigenvalue weighted by atomic mass is 16.5. The first-order valence-electron chi connectivity index (χ1n) is 9.19. The molecule has 2 aromatic heterocycles. The molecule has 0 N–H and O–H groups in total. The molecule has 0 atom stereocenters. The Morgan fingerprint density at radius 3 is 2.53 bits per heavy atom. The molecule has 0 saturated heterocycles. The van der Waals surface area contributed by atoms with Gasteiger partial charge in [0.1, 0.15) is 5.69 Å². The van der Waals surface area contributed by atoms with Crippen LogP contribution in [0.1, 0.15) is 15.9 Å². The minimum atomic E-state index is -0.575. The maximum Gasteiger partial charge on any atom is 0.331 e. The molecule has 148 valence electrons. The summed E-state index contributed by atoms with van der Waals surface area (Å²) in [6, 6.07) is 19.7. The maximum atomic E-state index is 12.3. The molecule has 30 heavy (non-hydrogen) atoms. The highest BCUT2D eigenvalue weighted by Crippen LogP contribution is 2.22. The number of carbonyl (C=O) groups excluding carboxylic acids is 2. The SMILES string of the molecule is O=C(C=Cc1ccccc1)OCC(=O)c1ccc(-n2nncc2-c2ccco2)cc1. The van der Waals surface area contributed by atoms with Crippen molar-refractivity contribution in [3.05, 3.63) is 96.4 Å². The number of rotatable bonds is 7. The molecule has 7 nitrogen and oxygen atoms in total. The van der Waals surface area contributed by atoms with Crippen molar-refractivity contribution < 1.29 is 18.7 Å². The first-order valence-corrected chi connectivity index (χ1v) is 9.19. The van der Waals surface area contributed by atoms with Crippen molar-refractivity contribution in [2.24, 2.45) is 0 Å². The van der Waals surface area contributed by atoms with E-state index in [2.05, 4.69) is 10.3 Å². The Morgan fingerprint density at radius 1 is 1.00 bits per heavy atom. The van der Waals surface area contributed by atoms with E-state index < -0.39 is 5.97 Å². The summed E-state index contributed by atoms with van der Waals surface area (Å²) < 4.78 is 12.0. The van der Waals surface area contributed by atoms with E-state index in [4.69, 9.17) is 9.15 Å². The van der Waals surface area contributed by atoms with Gasteiger partial charge < -0.3 is 9.15 Å². The first-order chi connectivity index (χ1) is 14.7. The van der Waals surface area contributed by atoms with Gasteiger partial charge in [0.05, 0.1) is 18.1 Å². The van der Waals surface area contributed by atoms with Gasteiger partial charge in [0.2, 0.25) is 0 Å². The third-order valence-electron chi connectivity index (χ3n) is 4.31. The monoisotopic (exact) mass is 399 g/mol. The fraction of sp³-hybridized carbons (Fsp3) is 0.0435. The summed E-state index contributed by atoms with van der Waals surface area (Å²) in [4.78, 5) is 24.1. The fourth-order valence-electron chi connectivity index (χ4n) is 2.80. The lowest BCUT2D eigenvalue weighted by Crippen LogP contribution is -2.12. The van der Waals surface area contributed by atoms with Gasteiger partial charge in [-0.15, -0.1) is 5.10 Å². The molecule has 4 aromatic rings. The predicted molar refractivity (Wildman–Crippen MR) is 110 cm³/mol. The second kappa shape index (κ2) is 8.83. The van der Waals surface area contributed by atoms with E-state index in [1.165, 1.54) is 6.08 Å². The number of carbonyl (C=O) groups is 2. The molecule has 2 heterocycles. The van der Waals surface area contributed by atoms with Gasteiger partial charge in [-0.2, -0.15) is 0 Å². The van der Waals surface area contributed by atoms with Gasteiger partial charge in [0.15, 0.2) is 18.2 Å². The quantitative estimate of drug-likeness (QED) is 0.266. The van der Waals surface area contributed by atoms with E-state index in [0.717, 1.165) is 11.3 Å². The average Bonchev–Trinajstić information content (AvgIpc) is 3.48. The molecule has 0 saturated carbocycles. The molecule has 0 amide bonds. The van der Waals surface area contributed by atoms with Crippen molar-refractivity contribution in [2.45, 2.75) is 0 Å². The van der Waals surface area contributed by atoms with Gasteiger partial charge in [-0.1, -0.05) is 35.5 Å². The standard InChI is InChI=1S/C23H17N3O4/c27-21(16-30-23(28)13-8-17-5-2-1-3-6-17)18-9-11-19(12-10-18)26-20(15-24-25-26)22-7-4-14-29-22/h1-15H,16H2. The van der Waals surface area contributed by atoms with Crippen molar-refractivity contribution in [2.75, 3.05) is 6.61 Å². The molecular weight excluding hydrogens is 382 g/mol. The summed E-state index contributed by atoms with van der Waals surface area (Å²) in [5.74, 6) is -0.238. The van der Waals surface area contributed by atoms with Gasteiger partial charge >= 0.3 is 5.97 Å². The summed E-state index contributed by atoms with van der Waals surface area (Å²) in [7, 11) is 0. The summed E-state index contributed by atoms with van der Waals surface area (Å²) >= 11 is 0. The lowest BCUT2D eigenvalue weighted by atomic mass is 10.1. The number of ketones is 1. The Kier molecular flexibility index (Phi) is 5.61. The van der Waals surface area contributed by atoms with Crippen LogP contribution in [-0.4, -0.2) is 33.4 Å². The zero-order valence-electron chi connectivity index (χ0n) is 15.8. The van der Waals surface area contributed by atoms with Crippen LogP contribution in [0.5, 0.6) is 0 Å². The second-order valence-corrected chi connectivity index (χ2v) is 6.33. The summed E-state index contributed by atoms with van der Waals surface area (Å²) in [5, 5.41) is 7.99. The van der Waals surface area contributed by atoms with Crippen LogP contribution in [0, 0.1) is 0 Å². The van der Waals surface area contributed by atoms with Crippen molar-refractivity contribution in [3.8, 4) is 17.1 Å². The number of benzene rings is 2. The van der Waals surface area contributed by atoms with E-state index in [1.54, 1.807) is 53.5 Å². The molecule has 0 radical (unpaired) electrons. The number of hydrogen-bond donors (Lipinski definition) is 0. The van der Waals surface area contributed by atoms with Crippen LogP contribution < -0.4 is 0 Å². The molecular formula is C23H17N3O4. The number of furan rings is 1. The van der Waals surface area contributed by atoms with Crippen molar-refractivity contribution in [1.29, 1.82) is 0 Å². The van der Waals surface area contributed by atoms with Crippen LogP contribution in [0.4, 0.5) is 0 Å². The van der Waals surface area contributed by atoms with Crippen LogP contribution in [0.25, 0.3) is 23.2 Å². The highest BCUT2D eigenvalue weighted by molar-refractivity contribution is 5.99. The lowest BCUT2D eigenvalue weighted by molar-refractivity contribution is -0.136. The third kappa shape index (κ3) is 4.41. The Labute approximate surface area is 172 Å². The zero-order chi connectivity index (χ0) is 20.8. The van der Waals surface area contributed by atoms with Crippen LogP contribution in [0.3, 0.4) is 0 Å². The number of esters is 1. The van der Waals surface area contributed by atoms with E-state index >= 15 is 0 Å². The zero-order valence-corrected chi connectivity index (χ0v) is 15.8. The minimum Gasteiger partial charge on any atom is -0.463 e. The molecule has 0 unspecified atom stereocenters. The van der Waals surface area contributed by atoms with Crippen LogP contribution in [-0.2, 0) is 9.53 Å². The molecule has 2 aromatic carbocycles. The number of Topliss-reactive ketones (excluding diaryl/α,β-unsaturated/α-hetero) is 1. The smallest absolute Gasteiger partial charge is 0.331 e.